The number of carbonyl (C=O) groups excluding carboxylic acids is 1. The van der Waals surface area contributed by atoms with E-state index in [0.717, 1.165) is 15.9 Å². The molecular formula is C14H12N4OS. The van der Waals surface area contributed by atoms with Crippen LogP contribution >= 0.6 is 11.3 Å². The van der Waals surface area contributed by atoms with E-state index in [0.29, 0.717) is 10.7 Å². The van der Waals surface area contributed by atoms with E-state index in [1.807, 2.05) is 36.4 Å². The average molecular weight is 284 g/mol. The van der Waals surface area contributed by atoms with Gasteiger partial charge in [-0.3, -0.25) is 10.2 Å². The maximum atomic E-state index is 12.1. The number of rotatable bonds is 3. The number of nitrogens with two attached hydrogens (primary N) is 1. The molecule has 4 N–H and O–H groups in total. The highest BCUT2D eigenvalue weighted by Crippen LogP contribution is 2.27. The van der Waals surface area contributed by atoms with Crippen LogP contribution in [0, 0.1) is 0 Å². The second kappa shape index (κ2) is 5.28. The first-order chi connectivity index (χ1) is 9.76. The number of nitrogen functional groups attached to an aromatic ring is 1. The van der Waals surface area contributed by atoms with Gasteiger partial charge in [0.15, 0.2) is 5.13 Å². The molecule has 1 amide bonds. The molecule has 0 fully saturated rings. The molecule has 5 nitrogen and oxygen atoms in total. The quantitative estimate of drug-likeness (QED) is 0.510. The Kier molecular flexibility index (Phi) is 3.32. The molecule has 6 heteroatoms. The van der Waals surface area contributed by atoms with Gasteiger partial charge in [-0.2, -0.15) is 0 Å². The summed E-state index contributed by atoms with van der Waals surface area (Å²) in [7, 11) is 0. The van der Waals surface area contributed by atoms with E-state index in [9.17, 15) is 4.79 Å². The minimum atomic E-state index is -0.133. The number of nitrogens with one attached hydrogen (secondary N) is 2. The molecule has 3 aromatic rings. The van der Waals surface area contributed by atoms with Crippen molar-refractivity contribution in [1.82, 2.24) is 4.98 Å². The van der Waals surface area contributed by atoms with Gasteiger partial charge in [0.25, 0.3) is 5.91 Å². The van der Waals surface area contributed by atoms with Crippen LogP contribution in [0.1, 0.15) is 10.4 Å². The van der Waals surface area contributed by atoms with Crippen molar-refractivity contribution in [3.05, 3.63) is 54.1 Å². The standard InChI is InChI=1S/C14H12N4OS/c15-18-14-17-11-7-6-10(8-12(11)20-14)16-13(19)9-4-2-1-3-5-9/h1-8H,15H2,(H,16,19)(H,17,18). The van der Waals surface area contributed by atoms with Crippen molar-refractivity contribution in [1.29, 1.82) is 0 Å². The lowest BCUT2D eigenvalue weighted by atomic mass is 10.2. The summed E-state index contributed by atoms with van der Waals surface area (Å²) in [5, 5.41) is 3.51. The van der Waals surface area contributed by atoms with E-state index in [4.69, 9.17) is 5.84 Å². The lowest BCUT2D eigenvalue weighted by molar-refractivity contribution is 0.102. The Balaban J connectivity index is 1.85. The zero-order chi connectivity index (χ0) is 13.9. The Labute approximate surface area is 119 Å². The van der Waals surface area contributed by atoms with Crippen molar-refractivity contribution >= 4 is 38.3 Å². The van der Waals surface area contributed by atoms with Gasteiger partial charge >= 0.3 is 0 Å². The third-order valence-corrected chi connectivity index (χ3v) is 3.76. The van der Waals surface area contributed by atoms with Gasteiger partial charge < -0.3 is 5.32 Å². The fourth-order valence-corrected chi connectivity index (χ4v) is 2.67. The molecule has 0 aliphatic carbocycles. The molecule has 0 unspecified atom stereocenters. The van der Waals surface area contributed by atoms with E-state index >= 15 is 0 Å². The Morgan fingerprint density at radius 2 is 1.95 bits per heavy atom. The van der Waals surface area contributed by atoms with Crippen molar-refractivity contribution in [2.45, 2.75) is 0 Å². The number of anilines is 2. The van der Waals surface area contributed by atoms with E-state index in [1.165, 1.54) is 11.3 Å². The van der Waals surface area contributed by atoms with Gasteiger partial charge in [0.05, 0.1) is 10.2 Å². The molecule has 0 aliphatic heterocycles. The number of aromatic nitrogens is 1. The van der Waals surface area contributed by atoms with E-state index in [-0.39, 0.29) is 5.91 Å². The highest BCUT2D eigenvalue weighted by Gasteiger charge is 2.07. The van der Waals surface area contributed by atoms with Gasteiger partial charge in [0.2, 0.25) is 0 Å². The van der Waals surface area contributed by atoms with Crippen LogP contribution in [0.3, 0.4) is 0 Å². The number of carbonyl (C=O) groups is 1. The lowest BCUT2D eigenvalue weighted by Gasteiger charge is -2.04. The van der Waals surface area contributed by atoms with Crippen LogP contribution < -0.4 is 16.6 Å². The third-order valence-electron chi connectivity index (χ3n) is 2.81. The number of benzene rings is 2. The Bertz CT molecular complexity index is 754. The monoisotopic (exact) mass is 284 g/mol. The fourth-order valence-electron chi connectivity index (χ4n) is 1.86. The van der Waals surface area contributed by atoms with Crippen LogP contribution in [-0.4, -0.2) is 10.9 Å². The summed E-state index contributed by atoms with van der Waals surface area (Å²) in [6.45, 7) is 0. The molecule has 2 aromatic carbocycles. The summed E-state index contributed by atoms with van der Waals surface area (Å²) in [4.78, 5) is 16.3. The van der Waals surface area contributed by atoms with Crippen molar-refractivity contribution < 1.29 is 4.79 Å². The first-order valence-corrected chi connectivity index (χ1v) is 6.81. The van der Waals surface area contributed by atoms with E-state index < -0.39 is 0 Å². The number of hydrogen-bond donors (Lipinski definition) is 3. The van der Waals surface area contributed by atoms with Gasteiger partial charge in [-0.25, -0.2) is 10.8 Å². The fraction of sp³-hybridized carbons (Fsp3) is 0. The van der Waals surface area contributed by atoms with Crippen LogP contribution in [0.4, 0.5) is 10.8 Å². The molecule has 3 rings (SSSR count). The SMILES string of the molecule is NNc1nc2ccc(NC(=O)c3ccccc3)cc2s1. The number of hydrogen-bond acceptors (Lipinski definition) is 5. The maximum absolute atomic E-state index is 12.1. The van der Waals surface area contributed by atoms with Crippen LogP contribution in [-0.2, 0) is 0 Å². The summed E-state index contributed by atoms with van der Waals surface area (Å²) in [5.74, 6) is 5.20. The molecule has 20 heavy (non-hydrogen) atoms. The largest absolute Gasteiger partial charge is 0.322 e. The average Bonchev–Trinajstić information content (AvgIpc) is 2.90. The smallest absolute Gasteiger partial charge is 0.255 e. The van der Waals surface area contributed by atoms with Crippen molar-refractivity contribution in [2.75, 3.05) is 10.7 Å². The molecule has 0 aliphatic rings. The Morgan fingerprint density at radius 3 is 2.70 bits per heavy atom. The number of amides is 1. The van der Waals surface area contributed by atoms with Crippen LogP contribution in [0.15, 0.2) is 48.5 Å². The van der Waals surface area contributed by atoms with Gasteiger partial charge in [0.1, 0.15) is 0 Å². The zero-order valence-electron chi connectivity index (χ0n) is 10.5. The summed E-state index contributed by atoms with van der Waals surface area (Å²) in [6.07, 6.45) is 0. The molecule has 1 heterocycles. The Hall–Kier alpha value is -2.44. The van der Waals surface area contributed by atoms with E-state index in [2.05, 4.69) is 15.7 Å². The molecule has 0 bridgehead atoms. The molecular weight excluding hydrogens is 272 g/mol. The Morgan fingerprint density at radius 1 is 1.15 bits per heavy atom. The highest BCUT2D eigenvalue weighted by molar-refractivity contribution is 7.22. The van der Waals surface area contributed by atoms with Crippen molar-refractivity contribution in [3.63, 3.8) is 0 Å². The second-order valence-corrected chi connectivity index (χ2v) is 5.20. The van der Waals surface area contributed by atoms with Gasteiger partial charge in [-0.05, 0) is 30.3 Å². The molecule has 0 spiro atoms. The molecule has 0 radical (unpaired) electrons. The first-order valence-electron chi connectivity index (χ1n) is 6.00. The van der Waals surface area contributed by atoms with Crippen LogP contribution in [0.5, 0.6) is 0 Å². The second-order valence-electron chi connectivity index (χ2n) is 4.17. The van der Waals surface area contributed by atoms with E-state index in [1.54, 1.807) is 12.1 Å². The molecule has 0 saturated carbocycles. The number of hydrazine groups is 1. The molecule has 0 atom stereocenters. The third kappa shape index (κ3) is 2.47. The summed E-state index contributed by atoms with van der Waals surface area (Å²) in [5.41, 5.74) is 4.73. The number of nitrogens with zero attached hydrogens (tertiary/aromatic N) is 1. The normalized spacial score (nSPS) is 10.4. The van der Waals surface area contributed by atoms with Gasteiger partial charge in [-0.15, -0.1) is 0 Å². The lowest BCUT2D eigenvalue weighted by Crippen LogP contribution is -2.11. The summed E-state index contributed by atoms with van der Waals surface area (Å²) >= 11 is 1.44. The van der Waals surface area contributed by atoms with Crippen LogP contribution in [0.25, 0.3) is 10.2 Å². The van der Waals surface area contributed by atoms with Crippen molar-refractivity contribution in [2.24, 2.45) is 5.84 Å². The van der Waals surface area contributed by atoms with Crippen molar-refractivity contribution in [3.8, 4) is 0 Å². The maximum Gasteiger partial charge on any atom is 0.255 e. The minimum Gasteiger partial charge on any atom is -0.322 e. The zero-order valence-corrected chi connectivity index (χ0v) is 11.3. The predicted molar refractivity (Wildman–Crippen MR) is 81.8 cm³/mol. The topological polar surface area (TPSA) is 80.0 Å². The molecule has 1 aromatic heterocycles. The van der Waals surface area contributed by atoms with Crippen LogP contribution in [0.2, 0.25) is 0 Å². The molecule has 0 saturated heterocycles. The first kappa shape index (κ1) is 12.6. The number of fused-ring (bicyclic) bond motifs is 1. The minimum absolute atomic E-state index is 0.133. The summed E-state index contributed by atoms with van der Waals surface area (Å²) < 4.78 is 0.962. The molecule has 100 valence electrons. The highest BCUT2D eigenvalue weighted by atomic mass is 32.1. The van der Waals surface area contributed by atoms with Gasteiger partial charge in [0, 0.05) is 11.3 Å². The summed E-state index contributed by atoms with van der Waals surface area (Å²) in [6, 6.07) is 14.7. The van der Waals surface area contributed by atoms with Gasteiger partial charge in [-0.1, -0.05) is 29.5 Å². The predicted octanol–water partition coefficient (Wildman–Crippen LogP) is 2.83. The number of thiazole rings is 1.